The van der Waals surface area contributed by atoms with Crippen LogP contribution < -0.4 is 15.7 Å². The first-order chi connectivity index (χ1) is 13.9. The summed E-state index contributed by atoms with van der Waals surface area (Å²) in [5.41, 5.74) is 1.12. The van der Waals surface area contributed by atoms with Gasteiger partial charge in [-0.05, 0) is 19.1 Å². The summed E-state index contributed by atoms with van der Waals surface area (Å²) in [6.07, 6.45) is 1.52. The predicted molar refractivity (Wildman–Crippen MR) is 105 cm³/mol. The van der Waals surface area contributed by atoms with Crippen LogP contribution in [0.4, 0.5) is 0 Å². The molecule has 8 nitrogen and oxygen atoms in total. The number of methoxy groups -OCH3 is 1. The van der Waals surface area contributed by atoms with E-state index in [1.165, 1.54) is 19.2 Å². The Morgan fingerprint density at radius 2 is 1.97 bits per heavy atom. The number of hydrogen-bond acceptors (Lipinski definition) is 7. The van der Waals surface area contributed by atoms with Crippen LogP contribution in [-0.2, 0) is 22.7 Å². The molecule has 0 saturated heterocycles. The van der Waals surface area contributed by atoms with Gasteiger partial charge in [0.05, 0.1) is 12.8 Å². The van der Waals surface area contributed by atoms with Gasteiger partial charge in [-0.3, -0.25) is 14.6 Å². The minimum absolute atomic E-state index is 0.0465. The average molecular weight is 396 g/mol. The van der Waals surface area contributed by atoms with Crippen molar-refractivity contribution in [1.82, 2.24) is 10.3 Å². The highest BCUT2D eigenvalue weighted by Crippen LogP contribution is 2.22. The lowest BCUT2D eigenvalue weighted by Gasteiger charge is -2.11. The van der Waals surface area contributed by atoms with Gasteiger partial charge in [-0.25, -0.2) is 4.79 Å². The van der Waals surface area contributed by atoms with Gasteiger partial charge in [-0.15, -0.1) is 0 Å². The van der Waals surface area contributed by atoms with E-state index in [2.05, 4.69) is 10.3 Å². The second-order valence-electron chi connectivity index (χ2n) is 6.33. The van der Waals surface area contributed by atoms with Crippen LogP contribution in [0.1, 0.15) is 34.1 Å². The maximum atomic E-state index is 12.6. The number of ether oxygens (including phenoxy) is 2. The molecule has 1 N–H and O–H groups in total. The lowest BCUT2D eigenvalue weighted by Crippen LogP contribution is -2.28. The quantitative estimate of drug-likeness (QED) is 0.638. The van der Waals surface area contributed by atoms with Crippen molar-refractivity contribution >= 4 is 22.8 Å². The maximum Gasteiger partial charge on any atom is 0.349 e. The standard InChI is InChI=1S/C21H20N2O6/c1-12-19-16(15(10-22-12)11-28-13(2)24)8-17(21(26)29-19)20(25)23-9-14-6-4-5-7-18(14)27-3/h4-8,10H,9,11H2,1-3H3,(H,23,25). The molecule has 1 aromatic carbocycles. The number of para-hydroxylation sites is 1. The van der Waals surface area contributed by atoms with E-state index in [1.54, 1.807) is 20.1 Å². The van der Waals surface area contributed by atoms with E-state index in [1.807, 2.05) is 18.2 Å². The number of nitrogens with one attached hydrogen (secondary N) is 1. The first-order valence-corrected chi connectivity index (χ1v) is 8.86. The topological polar surface area (TPSA) is 108 Å². The smallest absolute Gasteiger partial charge is 0.349 e. The average Bonchev–Trinajstić information content (AvgIpc) is 2.71. The van der Waals surface area contributed by atoms with Crippen molar-refractivity contribution in [3.63, 3.8) is 0 Å². The van der Waals surface area contributed by atoms with Crippen LogP contribution in [0.2, 0.25) is 0 Å². The van der Waals surface area contributed by atoms with Crippen molar-refractivity contribution in [3.05, 3.63) is 69.3 Å². The second kappa shape index (κ2) is 8.55. The molecule has 0 spiro atoms. The molecule has 29 heavy (non-hydrogen) atoms. The molecule has 2 aromatic heterocycles. The predicted octanol–water partition coefficient (Wildman–Crippen LogP) is 2.50. The number of nitrogens with zero attached hydrogens (tertiary/aromatic N) is 1. The van der Waals surface area contributed by atoms with Gasteiger partial charge in [-0.2, -0.15) is 0 Å². The number of carbonyl (C=O) groups is 2. The number of pyridine rings is 1. The SMILES string of the molecule is COc1ccccc1CNC(=O)c1cc2c(COC(C)=O)cnc(C)c2oc1=O. The lowest BCUT2D eigenvalue weighted by atomic mass is 10.1. The minimum atomic E-state index is -0.774. The summed E-state index contributed by atoms with van der Waals surface area (Å²) in [5.74, 6) is -0.408. The van der Waals surface area contributed by atoms with Crippen molar-refractivity contribution < 1.29 is 23.5 Å². The van der Waals surface area contributed by atoms with E-state index < -0.39 is 17.5 Å². The fourth-order valence-electron chi connectivity index (χ4n) is 2.85. The number of esters is 1. The van der Waals surface area contributed by atoms with E-state index in [-0.39, 0.29) is 24.3 Å². The molecule has 0 saturated carbocycles. The molecule has 0 aliphatic carbocycles. The number of aryl methyl sites for hydroxylation is 1. The van der Waals surface area contributed by atoms with E-state index in [0.29, 0.717) is 22.4 Å². The van der Waals surface area contributed by atoms with Gasteiger partial charge in [0.1, 0.15) is 17.9 Å². The second-order valence-corrected chi connectivity index (χ2v) is 6.33. The van der Waals surface area contributed by atoms with Gasteiger partial charge < -0.3 is 19.2 Å². The highest BCUT2D eigenvalue weighted by atomic mass is 16.5. The Hall–Kier alpha value is -3.68. The number of amides is 1. The number of benzene rings is 1. The lowest BCUT2D eigenvalue weighted by molar-refractivity contribution is -0.142. The van der Waals surface area contributed by atoms with Gasteiger partial charge in [0.15, 0.2) is 5.58 Å². The third kappa shape index (κ3) is 4.43. The maximum absolute atomic E-state index is 12.6. The molecule has 8 heteroatoms. The van der Waals surface area contributed by atoms with Gasteiger partial charge in [-0.1, -0.05) is 18.2 Å². The summed E-state index contributed by atoms with van der Waals surface area (Å²) in [6, 6.07) is 8.68. The van der Waals surface area contributed by atoms with Crippen LogP contribution in [-0.4, -0.2) is 24.0 Å². The van der Waals surface area contributed by atoms with Crippen molar-refractivity contribution in [2.24, 2.45) is 0 Å². The normalized spacial score (nSPS) is 10.6. The molecule has 0 unspecified atom stereocenters. The van der Waals surface area contributed by atoms with E-state index in [9.17, 15) is 14.4 Å². The summed E-state index contributed by atoms with van der Waals surface area (Å²) in [6.45, 7) is 3.11. The molecule has 150 valence electrons. The Kier molecular flexibility index (Phi) is 5.92. The third-order valence-corrected chi connectivity index (χ3v) is 4.34. The molecule has 2 heterocycles. The van der Waals surface area contributed by atoms with Crippen LogP contribution in [0.5, 0.6) is 5.75 Å². The Bertz CT molecular complexity index is 1140. The molecule has 1 amide bonds. The monoisotopic (exact) mass is 396 g/mol. The number of rotatable bonds is 6. The molecular formula is C21H20N2O6. The fraction of sp³-hybridized carbons (Fsp3) is 0.238. The van der Waals surface area contributed by atoms with E-state index in [4.69, 9.17) is 13.9 Å². The third-order valence-electron chi connectivity index (χ3n) is 4.34. The summed E-state index contributed by atoms with van der Waals surface area (Å²) in [7, 11) is 1.54. The molecule has 0 bridgehead atoms. The van der Waals surface area contributed by atoms with Gasteiger partial charge in [0, 0.05) is 36.2 Å². The summed E-state index contributed by atoms with van der Waals surface area (Å²) < 4.78 is 15.6. The van der Waals surface area contributed by atoms with Crippen molar-refractivity contribution in [2.45, 2.75) is 27.0 Å². The highest BCUT2D eigenvalue weighted by molar-refractivity contribution is 5.97. The Morgan fingerprint density at radius 3 is 2.69 bits per heavy atom. The summed E-state index contributed by atoms with van der Waals surface area (Å²) >= 11 is 0. The number of hydrogen-bond donors (Lipinski definition) is 1. The molecule has 3 aromatic rings. The fourth-order valence-corrected chi connectivity index (χ4v) is 2.85. The first-order valence-electron chi connectivity index (χ1n) is 8.86. The van der Waals surface area contributed by atoms with Crippen molar-refractivity contribution in [1.29, 1.82) is 0 Å². The van der Waals surface area contributed by atoms with Gasteiger partial charge in [0.25, 0.3) is 5.91 Å². The molecule has 0 aliphatic heterocycles. The zero-order valence-corrected chi connectivity index (χ0v) is 16.3. The van der Waals surface area contributed by atoms with Gasteiger partial charge in [0.2, 0.25) is 0 Å². The zero-order valence-electron chi connectivity index (χ0n) is 16.3. The molecule has 0 fully saturated rings. The number of carbonyl (C=O) groups excluding carboxylic acids is 2. The summed E-state index contributed by atoms with van der Waals surface area (Å²) in [5, 5.41) is 3.19. The largest absolute Gasteiger partial charge is 0.496 e. The summed E-state index contributed by atoms with van der Waals surface area (Å²) in [4.78, 5) is 40.3. The van der Waals surface area contributed by atoms with E-state index in [0.717, 1.165) is 5.56 Å². The molecule has 3 rings (SSSR count). The van der Waals surface area contributed by atoms with Crippen LogP contribution >= 0.6 is 0 Å². The highest BCUT2D eigenvalue weighted by Gasteiger charge is 2.18. The molecule has 0 aliphatic rings. The number of aromatic nitrogens is 1. The van der Waals surface area contributed by atoms with Crippen LogP contribution in [0.15, 0.2) is 45.7 Å². The molecule has 0 radical (unpaired) electrons. The minimum Gasteiger partial charge on any atom is -0.496 e. The van der Waals surface area contributed by atoms with Gasteiger partial charge >= 0.3 is 11.6 Å². The van der Waals surface area contributed by atoms with Crippen molar-refractivity contribution in [2.75, 3.05) is 7.11 Å². The van der Waals surface area contributed by atoms with Crippen LogP contribution in [0, 0.1) is 6.92 Å². The van der Waals surface area contributed by atoms with Crippen molar-refractivity contribution in [3.8, 4) is 5.75 Å². The number of fused-ring (bicyclic) bond motifs is 1. The van der Waals surface area contributed by atoms with Crippen LogP contribution in [0.3, 0.4) is 0 Å². The zero-order chi connectivity index (χ0) is 21.0. The van der Waals surface area contributed by atoms with Crippen LogP contribution in [0.25, 0.3) is 11.0 Å². The first kappa shape index (κ1) is 20.1. The Balaban J connectivity index is 1.93. The molecule has 0 atom stereocenters. The molecular weight excluding hydrogens is 376 g/mol. The Labute approximate surface area is 166 Å². The Morgan fingerprint density at radius 1 is 1.21 bits per heavy atom. The van der Waals surface area contributed by atoms with E-state index >= 15 is 0 Å².